The molecule has 2 heterocycles. The number of nitrogens with zero attached hydrogens (tertiary/aromatic N) is 4. The van der Waals surface area contributed by atoms with Crippen LogP contribution in [0.5, 0.6) is 5.88 Å². The van der Waals surface area contributed by atoms with Gasteiger partial charge in [0.1, 0.15) is 17.8 Å². The Hall–Kier alpha value is 4.17. The van der Waals surface area contributed by atoms with Crippen LogP contribution in [0.15, 0.2) is 70.1 Å². The molecule has 63 heavy (non-hydrogen) atoms. The van der Waals surface area contributed by atoms with Crippen molar-refractivity contribution in [3.63, 3.8) is 0 Å². The number of anilines is 2. The van der Waals surface area contributed by atoms with Gasteiger partial charge in [0.15, 0.2) is 11.6 Å². The van der Waals surface area contributed by atoms with Gasteiger partial charge in [-0.1, -0.05) is 95.9 Å². The average molecular weight is 1880 g/mol. The molecule has 4 aromatic rings. The fourth-order valence-corrected chi connectivity index (χ4v) is 6.42. The molecule has 0 aliphatic rings. The molecule has 0 spiro atoms. The second-order valence-electron chi connectivity index (χ2n) is 10.3. The van der Waals surface area contributed by atoms with E-state index in [1.165, 1.54) is 12.7 Å². The summed E-state index contributed by atoms with van der Waals surface area (Å²) in [6.07, 6.45) is 4.68. The fraction of sp³-hybridized carbons (Fsp3) is 0.364. The molecule has 0 saturated carbocycles. The van der Waals surface area contributed by atoms with Crippen molar-refractivity contribution >= 4 is 156 Å². The zero-order chi connectivity index (χ0) is 46.0. The van der Waals surface area contributed by atoms with E-state index in [2.05, 4.69) is 150 Å². The van der Waals surface area contributed by atoms with Crippen molar-refractivity contribution in [3.8, 4) is 28.1 Å². The number of hydrogen-bond donors (Lipinski definition) is 6. The van der Waals surface area contributed by atoms with E-state index >= 15 is 0 Å². The van der Waals surface area contributed by atoms with E-state index in [1.807, 2.05) is 57.2 Å². The van der Waals surface area contributed by atoms with E-state index in [0.717, 1.165) is 20.9 Å². The van der Waals surface area contributed by atoms with Crippen LogP contribution in [0.1, 0.15) is 48.9 Å². The first kappa shape index (κ1) is 76.1. The van der Waals surface area contributed by atoms with Gasteiger partial charge in [-0.2, -0.15) is 26.3 Å². The molecule has 0 bridgehead atoms. The molecule has 30 heteroatoms. The van der Waals surface area contributed by atoms with Crippen LogP contribution >= 0.6 is 118 Å². The summed E-state index contributed by atoms with van der Waals surface area (Å²) < 4.78 is 65.6. The fourth-order valence-electron chi connectivity index (χ4n) is 3.75. The minimum Gasteiger partial charge on any atom is -1.00 e. The van der Waals surface area contributed by atoms with Gasteiger partial charge in [0.05, 0.1) is 30.9 Å². The molecule has 0 fully saturated rings. The van der Waals surface area contributed by atoms with E-state index in [0.29, 0.717) is 68.4 Å². The van der Waals surface area contributed by atoms with Crippen LogP contribution in [0, 0.1) is 0 Å². The number of hydrogen-bond acceptors (Lipinski definition) is 14. The average Bonchev–Trinajstić information content (AvgIpc) is 3.23. The minimum atomic E-state index is -3.73. The maximum Gasteiger partial charge on any atom is 1.00 e. The van der Waals surface area contributed by atoms with Crippen LogP contribution in [0.3, 0.4) is 0 Å². The molecule has 18 nitrogen and oxygen atoms in total. The number of aliphatic hydroxyl groups excluding tert-OH is 2. The van der Waals surface area contributed by atoms with Gasteiger partial charge < -0.3 is 26.5 Å². The van der Waals surface area contributed by atoms with Crippen molar-refractivity contribution < 1.29 is 199 Å². The monoisotopic (exact) mass is 1870 g/mol. The van der Waals surface area contributed by atoms with Crippen LogP contribution in [-0.4, -0.2) is 86.4 Å². The Bertz CT molecular complexity index is 2000. The number of aliphatic hydroxyl groups is 2. The Labute approximate surface area is 565 Å². The Morgan fingerprint density at radius 2 is 1.13 bits per heavy atom. The first-order valence-corrected chi connectivity index (χ1v) is 40.4. The molecule has 0 amide bonds. The zero-order valence-electron chi connectivity index (χ0n) is 34.8. The first-order valence-electron chi connectivity index (χ1n) is 16.6. The SMILES string of the molecule is C.CCCNS(=O)(=O)Nc1ncnc(Cl)c1-c1ccc(Br)cc1.CCCNS(=O)(=O)Nc1ncnc(OCCC)c1-c1ccc(Br)cc1.II.I[I-]I.O=CO[O-].OCCO.[Cs+].[Cs+].[H-]. The topological polar surface area (TPSA) is 267 Å². The third kappa shape index (κ3) is 36.7. The number of carbonyl (C=O) groups excluding carboxylic acids is 1. The maximum atomic E-state index is 12.2. The molecule has 0 unspecified atom stereocenters. The van der Waals surface area contributed by atoms with Gasteiger partial charge in [0, 0.05) is 59.3 Å². The van der Waals surface area contributed by atoms with Crippen LogP contribution < -0.4 is 180 Å². The molecule has 0 saturated heterocycles. The smallest absolute Gasteiger partial charge is 1.00 e. The van der Waals surface area contributed by atoms with Gasteiger partial charge >= 0.3 is 188 Å². The molecular weight excluding hydrogens is 1830 g/mol. The number of rotatable bonds is 17. The van der Waals surface area contributed by atoms with E-state index in [1.54, 1.807) is 12.1 Å². The maximum absolute atomic E-state index is 12.2. The Balaban J connectivity index is -0.000000198. The number of halogens is 8. The number of benzene rings is 2. The molecule has 0 atom stereocenters. The van der Waals surface area contributed by atoms with E-state index in [9.17, 15) is 16.8 Å². The van der Waals surface area contributed by atoms with Gasteiger partial charge in [-0.25, -0.2) is 19.9 Å². The summed E-state index contributed by atoms with van der Waals surface area (Å²) in [5.41, 5.74) is 2.40. The summed E-state index contributed by atoms with van der Waals surface area (Å²) in [7, 11) is -7.44. The standard InChI is InChI=1S/C16H21BrN4O3S.C13H14BrClN4O2S.C2H6O2.CH2O3.CH4.2Cs.I3.I2.H/c1-3-9-20-25(22,23)21-15-14(12-5-7-13(17)8-6-12)16(19-11-18-15)24-10-4-2;1-2-7-18-22(20,21)19-13-11(12(15)16-8-17-13)9-3-5-10(14)6-4-9;3-1-2-4;2-1-4-3;;;;1-3-2;1-2;/h5-8,11,20H,3-4,9-10H2,1-2H3,(H,18,19,21);3-6,8,18H,2,7H2,1H3,(H,16,17,19);3-4H,1-2H2;1,3H;1H4;;;;;/q;;;;;2*+1;-1;;-1/p-1. The second-order valence-corrected chi connectivity index (χ2v) is 31.8. The molecule has 0 aliphatic carbocycles. The summed E-state index contributed by atoms with van der Waals surface area (Å²) in [5.74, 6) is 0.644. The number of carbonyl (C=O) groups is 1. The van der Waals surface area contributed by atoms with Crippen molar-refractivity contribution in [1.29, 1.82) is 0 Å². The summed E-state index contributed by atoms with van der Waals surface area (Å²) in [6, 6.07) is 14.7. The minimum absolute atomic E-state index is 0. The van der Waals surface area contributed by atoms with E-state index in [4.69, 9.17) is 36.6 Å². The summed E-state index contributed by atoms with van der Waals surface area (Å²) in [5, 5.41) is 23.9. The molecule has 0 aliphatic heterocycles. The van der Waals surface area contributed by atoms with Crippen LogP contribution in [0.2, 0.25) is 5.15 Å². The van der Waals surface area contributed by atoms with Gasteiger partial charge in [-0.05, 0) is 54.7 Å². The predicted octanol–water partition coefficient (Wildman–Crippen LogP) is -0.724. The molecule has 350 valence electrons. The van der Waals surface area contributed by atoms with Crippen LogP contribution in [-0.2, 0) is 30.1 Å². The normalized spacial score (nSPS) is 9.73. The van der Waals surface area contributed by atoms with E-state index in [-0.39, 0.29) is 183 Å². The second kappa shape index (κ2) is 48.4. The third-order valence-corrected chi connectivity index (χ3v) is 9.44. The van der Waals surface area contributed by atoms with Gasteiger partial charge in [-0.15, -0.1) is 0 Å². The van der Waals surface area contributed by atoms with Crippen molar-refractivity contribution in [2.24, 2.45) is 0 Å². The van der Waals surface area contributed by atoms with Gasteiger partial charge in [0.25, 0.3) is 26.9 Å². The van der Waals surface area contributed by atoms with Crippen LogP contribution in [0.25, 0.3) is 22.3 Å². The molecular formula is C33H47Br2ClCs2I5N8O10S2-. The number of aromatic nitrogens is 4. The number of ether oxygens (including phenoxy) is 1. The van der Waals surface area contributed by atoms with Crippen molar-refractivity contribution in [2.75, 3.05) is 42.4 Å². The van der Waals surface area contributed by atoms with E-state index < -0.39 is 20.4 Å². The molecule has 2 aromatic heterocycles. The van der Waals surface area contributed by atoms with Gasteiger partial charge in [-0.3, -0.25) is 14.2 Å². The molecule has 6 N–H and O–H groups in total. The predicted molar refractivity (Wildman–Crippen MR) is 278 cm³/mol. The quantitative estimate of drug-likeness (QED) is 0.0251. The summed E-state index contributed by atoms with van der Waals surface area (Å²) in [4.78, 5) is 27.4. The Morgan fingerprint density at radius 3 is 1.48 bits per heavy atom. The van der Waals surface area contributed by atoms with Gasteiger partial charge in [0.2, 0.25) is 5.88 Å². The zero-order valence-corrected chi connectivity index (χ0v) is 62.7. The largest absolute Gasteiger partial charge is 1.00 e. The molecule has 4 rings (SSSR count). The van der Waals surface area contributed by atoms with Crippen LogP contribution in [0.4, 0.5) is 11.6 Å². The van der Waals surface area contributed by atoms with Crippen molar-refractivity contribution in [1.82, 2.24) is 29.4 Å². The first-order chi connectivity index (χ1) is 28.6. The Kier molecular flexibility index (Phi) is 58.5. The van der Waals surface area contributed by atoms with Crippen molar-refractivity contribution in [3.05, 3.63) is 75.3 Å². The summed E-state index contributed by atoms with van der Waals surface area (Å²) >= 11 is 22.4. The molecule has 0 radical (unpaired) electrons. The molecule has 2 aromatic carbocycles. The summed E-state index contributed by atoms with van der Waals surface area (Å²) in [6.45, 7) is 6.46. The third-order valence-electron chi connectivity index (χ3n) is 6.01. The number of nitrogens with one attached hydrogen (secondary N) is 4. The van der Waals surface area contributed by atoms with Crippen molar-refractivity contribution in [2.45, 2.75) is 47.5 Å². The Morgan fingerprint density at radius 1 is 0.762 bits per heavy atom.